The molecule has 1 amide bonds. The third-order valence-electron chi connectivity index (χ3n) is 2.97. The van der Waals surface area contributed by atoms with E-state index < -0.39 is 5.91 Å². The first-order valence-electron chi connectivity index (χ1n) is 6.12. The number of nitrogens with two attached hydrogens (primary N) is 2. The fourth-order valence-electron chi connectivity index (χ4n) is 1.93. The molecule has 0 aliphatic carbocycles. The number of benzene rings is 1. The quantitative estimate of drug-likeness (QED) is 0.789. The van der Waals surface area contributed by atoms with Crippen molar-refractivity contribution in [3.05, 3.63) is 40.8 Å². The topological polar surface area (TPSA) is 90.4 Å². The van der Waals surface area contributed by atoms with Crippen molar-refractivity contribution in [3.63, 3.8) is 0 Å². The van der Waals surface area contributed by atoms with E-state index in [9.17, 15) is 4.79 Å². The minimum atomic E-state index is -0.550. The summed E-state index contributed by atoms with van der Waals surface area (Å²) in [5, 5.41) is 4.00. The average Bonchev–Trinajstić information content (AvgIpc) is 2.76. The van der Waals surface area contributed by atoms with Crippen LogP contribution in [0.4, 0.5) is 10.7 Å². The molecule has 1 aromatic heterocycles. The summed E-state index contributed by atoms with van der Waals surface area (Å²) in [5.74, 6) is -0.0854. The van der Waals surface area contributed by atoms with Crippen LogP contribution in [0.15, 0.2) is 30.3 Å². The number of rotatable bonds is 5. The number of primary amides is 1. The summed E-state index contributed by atoms with van der Waals surface area (Å²) in [6.07, 6.45) is 0. The maximum atomic E-state index is 11.3. The van der Waals surface area contributed by atoms with E-state index in [1.54, 1.807) is 0 Å². The minimum absolute atomic E-state index is 0.0591. The molecule has 1 aromatic carbocycles. The highest BCUT2D eigenvalue weighted by atomic mass is 32.1. The Kier molecular flexibility index (Phi) is 4.14. The van der Waals surface area contributed by atoms with Crippen LogP contribution < -0.4 is 21.5 Å². The molecule has 0 bridgehead atoms. The average molecular weight is 291 g/mol. The molecule has 0 aliphatic rings. The third-order valence-corrected chi connectivity index (χ3v) is 4.11. The number of ether oxygens (including phenoxy) is 1. The van der Waals surface area contributed by atoms with Crippen LogP contribution in [0.3, 0.4) is 0 Å². The summed E-state index contributed by atoms with van der Waals surface area (Å²) in [5.41, 5.74) is 12.6. The number of nitrogens with one attached hydrogen (secondary N) is 1. The molecule has 0 radical (unpaired) electrons. The van der Waals surface area contributed by atoms with Gasteiger partial charge in [-0.05, 0) is 12.5 Å². The number of carbonyl (C=O) groups is 1. The van der Waals surface area contributed by atoms with Gasteiger partial charge in [0, 0.05) is 6.04 Å². The van der Waals surface area contributed by atoms with E-state index in [0.717, 1.165) is 5.56 Å². The maximum absolute atomic E-state index is 11.3. The summed E-state index contributed by atoms with van der Waals surface area (Å²) in [7, 11) is 1.52. The number of nitrogen functional groups attached to an aromatic ring is 1. The van der Waals surface area contributed by atoms with Gasteiger partial charge in [0.15, 0.2) is 5.75 Å². The van der Waals surface area contributed by atoms with Gasteiger partial charge in [0.2, 0.25) is 0 Å². The molecule has 5 N–H and O–H groups in total. The van der Waals surface area contributed by atoms with Crippen molar-refractivity contribution in [2.75, 3.05) is 18.2 Å². The molecule has 0 spiro atoms. The third kappa shape index (κ3) is 2.70. The maximum Gasteiger partial charge on any atom is 0.261 e. The first kappa shape index (κ1) is 14.2. The van der Waals surface area contributed by atoms with E-state index >= 15 is 0 Å². The lowest BCUT2D eigenvalue weighted by Crippen LogP contribution is -2.10. The molecule has 0 saturated carbocycles. The van der Waals surface area contributed by atoms with Crippen LogP contribution in [0.5, 0.6) is 5.75 Å². The lowest BCUT2D eigenvalue weighted by Gasteiger charge is -2.15. The van der Waals surface area contributed by atoms with Crippen molar-refractivity contribution < 1.29 is 9.53 Å². The van der Waals surface area contributed by atoms with Gasteiger partial charge in [-0.2, -0.15) is 0 Å². The predicted molar refractivity (Wildman–Crippen MR) is 82.3 cm³/mol. The van der Waals surface area contributed by atoms with E-state index in [1.165, 1.54) is 18.4 Å². The predicted octanol–water partition coefficient (Wildman–Crippen LogP) is 2.61. The molecule has 0 saturated heterocycles. The second-order valence-corrected chi connectivity index (χ2v) is 5.37. The largest absolute Gasteiger partial charge is 0.492 e. The van der Waals surface area contributed by atoms with E-state index in [2.05, 4.69) is 5.32 Å². The standard InChI is InChI=1S/C14H17N3O2S/c1-8(9-6-4-3-5-7-9)17-14-11(19-2)10(15)12(20-14)13(16)18/h3-8,17H,15H2,1-2H3,(H2,16,18). The zero-order chi connectivity index (χ0) is 14.7. The summed E-state index contributed by atoms with van der Waals surface area (Å²) in [6, 6.07) is 10.0. The molecule has 0 aliphatic heterocycles. The smallest absolute Gasteiger partial charge is 0.261 e. The van der Waals surface area contributed by atoms with Gasteiger partial charge in [-0.15, -0.1) is 11.3 Å². The van der Waals surface area contributed by atoms with E-state index in [-0.39, 0.29) is 11.7 Å². The number of carbonyl (C=O) groups excluding carboxylic acids is 1. The van der Waals surface area contributed by atoms with Crippen LogP contribution in [0, 0.1) is 0 Å². The van der Waals surface area contributed by atoms with Gasteiger partial charge in [0.05, 0.1) is 7.11 Å². The van der Waals surface area contributed by atoms with E-state index in [4.69, 9.17) is 16.2 Å². The molecule has 1 unspecified atom stereocenters. The molecule has 0 fully saturated rings. The van der Waals surface area contributed by atoms with Crippen molar-refractivity contribution in [3.8, 4) is 5.75 Å². The lowest BCUT2D eigenvalue weighted by atomic mass is 10.1. The molecule has 2 rings (SSSR count). The zero-order valence-electron chi connectivity index (χ0n) is 11.3. The van der Waals surface area contributed by atoms with Crippen molar-refractivity contribution in [1.29, 1.82) is 0 Å². The van der Waals surface area contributed by atoms with Gasteiger partial charge < -0.3 is 21.5 Å². The van der Waals surface area contributed by atoms with Gasteiger partial charge in [-0.3, -0.25) is 4.79 Å². The van der Waals surface area contributed by atoms with E-state index in [1.807, 2.05) is 37.3 Å². The van der Waals surface area contributed by atoms with Crippen LogP contribution >= 0.6 is 11.3 Å². The number of amides is 1. The fourth-order valence-corrected chi connectivity index (χ4v) is 2.96. The Bertz CT molecular complexity index is 610. The van der Waals surface area contributed by atoms with Crippen LogP contribution in [-0.2, 0) is 0 Å². The summed E-state index contributed by atoms with van der Waals surface area (Å²) >= 11 is 1.21. The summed E-state index contributed by atoms with van der Waals surface area (Å²) < 4.78 is 5.26. The van der Waals surface area contributed by atoms with Crippen LogP contribution in [-0.4, -0.2) is 13.0 Å². The van der Waals surface area contributed by atoms with Crippen LogP contribution in [0.25, 0.3) is 0 Å². The van der Waals surface area contributed by atoms with Crippen LogP contribution in [0.2, 0.25) is 0 Å². The molecule has 1 atom stereocenters. The first-order valence-corrected chi connectivity index (χ1v) is 6.93. The fraction of sp³-hybridized carbons (Fsp3) is 0.214. The summed E-state index contributed by atoms with van der Waals surface area (Å²) in [6.45, 7) is 2.02. The first-order chi connectivity index (χ1) is 9.54. The highest BCUT2D eigenvalue weighted by molar-refractivity contribution is 7.19. The number of hydrogen-bond acceptors (Lipinski definition) is 5. The highest BCUT2D eigenvalue weighted by Gasteiger charge is 2.21. The van der Waals surface area contributed by atoms with Gasteiger partial charge in [0.1, 0.15) is 15.6 Å². The molecular weight excluding hydrogens is 274 g/mol. The molecule has 20 heavy (non-hydrogen) atoms. The van der Waals surface area contributed by atoms with Crippen LogP contribution in [0.1, 0.15) is 28.2 Å². The monoisotopic (exact) mass is 291 g/mol. The van der Waals surface area contributed by atoms with Crippen molar-refractivity contribution in [1.82, 2.24) is 0 Å². The van der Waals surface area contributed by atoms with Crippen molar-refractivity contribution in [2.24, 2.45) is 5.73 Å². The lowest BCUT2D eigenvalue weighted by molar-refractivity contribution is 0.100. The Morgan fingerprint density at radius 3 is 2.55 bits per heavy atom. The number of thiophene rings is 1. The highest BCUT2D eigenvalue weighted by Crippen LogP contribution is 2.43. The zero-order valence-corrected chi connectivity index (χ0v) is 12.2. The molecule has 106 valence electrons. The van der Waals surface area contributed by atoms with Crippen molar-refractivity contribution in [2.45, 2.75) is 13.0 Å². The number of methoxy groups -OCH3 is 1. The van der Waals surface area contributed by atoms with Gasteiger partial charge in [-0.25, -0.2) is 0 Å². The van der Waals surface area contributed by atoms with Gasteiger partial charge in [0.25, 0.3) is 5.91 Å². The number of hydrogen-bond donors (Lipinski definition) is 3. The van der Waals surface area contributed by atoms with Crippen molar-refractivity contribution >= 4 is 27.9 Å². The minimum Gasteiger partial charge on any atom is -0.492 e. The normalized spacial score (nSPS) is 11.9. The van der Waals surface area contributed by atoms with E-state index in [0.29, 0.717) is 15.6 Å². The molecular formula is C14H17N3O2S. The van der Waals surface area contributed by atoms with Gasteiger partial charge >= 0.3 is 0 Å². The summed E-state index contributed by atoms with van der Waals surface area (Å²) in [4.78, 5) is 11.6. The Hall–Kier alpha value is -2.21. The molecule has 6 heteroatoms. The Morgan fingerprint density at radius 2 is 2.00 bits per heavy atom. The number of anilines is 2. The second-order valence-electron chi connectivity index (χ2n) is 4.35. The Labute approximate surface area is 121 Å². The molecule has 5 nitrogen and oxygen atoms in total. The Morgan fingerprint density at radius 1 is 1.35 bits per heavy atom. The second kappa shape index (κ2) is 5.83. The molecule has 1 heterocycles. The van der Waals surface area contributed by atoms with Gasteiger partial charge in [-0.1, -0.05) is 30.3 Å². The molecule has 2 aromatic rings. The SMILES string of the molecule is COc1c(NC(C)c2ccccc2)sc(C(N)=O)c1N. The Balaban J connectivity index is 2.29.